The number of hydrogen-bond donors (Lipinski definition) is 0. The summed E-state index contributed by atoms with van der Waals surface area (Å²) in [5, 5.41) is 2.79. The van der Waals surface area contributed by atoms with Gasteiger partial charge in [0.15, 0.2) is 0 Å². The van der Waals surface area contributed by atoms with Gasteiger partial charge >= 0.3 is 6.09 Å². The molecule has 1 rings (SSSR count). The van der Waals surface area contributed by atoms with Crippen molar-refractivity contribution in [3.05, 3.63) is 0 Å². The summed E-state index contributed by atoms with van der Waals surface area (Å²) in [5.41, 5.74) is -0.575. The molecule has 0 radical (unpaired) electrons. The lowest BCUT2D eigenvalue weighted by Gasteiger charge is -2.34. The molecule has 0 aliphatic carbocycles. The highest BCUT2D eigenvalue weighted by atomic mass is 16.6. The van der Waals surface area contributed by atoms with Crippen LogP contribution in [0.3, 0.4) is 0 Å². The summed E-state index contributed by atoms with van der Waals surface area (Å²) < 4.78 is 5.16. The van der Waals surface area contributed by atoms with Crippen LogP contribution in [0.2, 0.25) is 0 Å². The zero-order chi connectivity index (χ0) is 12.2. The molecule has 0 N–H and O–H groups in total. The molecule has 0 spiro atoms. The number of hydrogen-bond acceptors (Lipinski definition) is 4. The van der Waals surface area contributed by atoms with Crippen molar-refractivity contribution in [3.8, 4) is 0 Å². The van der Waals surface area contributed by atoms with Crippen LogP contribution in [0.1, 0.15) is 40.0 Å². The van der Waals surface area contributed by atoms with Crippen LogP contribution in [-0.4, -0.2) is 41.2 Å². The Morgan fingerprint density at radius 1 is 1.25 bits per heavy atom. The van der Waals surface area contributed by atoms with Crippen molar-refractivity contribution in [2.75, 3.05) is 13.1 Å². The minimum atomic E-state index is -0.593. The molecule has 0 aromatic rings. The molecule has 2 amide bonds. The van der Waals surface area contributed by atoms with Gasteiger partial charge in [0.2, 0.25) is 6.41 Å². The number of piperidine rings is 1. The quantitative estimate of drug-likeness (QED) is 0.676. The Bertz CT molecular complexity index is 254. The summed E-state index contributed by atoms with van der Waals surface area (Å²) in [7, 11) is 0. The molecule has 1 fully saturated rings. The molecule has 1 heterocycles. The Hall–Kier alpha value is -1.10. The Morgan fingerprint density at radius 3 is 2.25 bits per heavy atom. The maximum Gasteiger partial charge on any atom is 0.432 e. The minimum Gasteiger partial charge on any atom is -0.442 e. The van der Waals surface area contributed by atoms with Gasteiger partial charge in [-0.1, -0.05) is 6.42 Å². The summed E-state index contributed by atoms with van der Waals surface area (Å²) in [6, 6.07) is 0. The fourth-order valence-electron chi connectivity index (χ4n) is 1.63. The molecule has 1 saturated heterocycles. The SMILES string of the molecule is CC(C)(C)OC(=O)N(C=O)N1CCCCC1. The maximum absolute atomic E-state index is 11.7. The van der Waals surface area contributed by atoms with Crippen molar-refractivity contribution in [1.82, 2.24) is 10.0 Å². The molecule has 0 aromatic carbocycles. The third kappa shape index (κ3) is 3.81. The van der Waals surface area contributed by atoms with Crippen molar-refractivity contribution >= 4 is 12.5 Å². The first-order chi connectivity index (χ1) is 7.44. The zero-order valence-electron chi connectivity index (χ0n) is 10.2. The number of carbonyl (C=O) groups excluding carboxylic acids is 2. The van der Waals surface area contributed by atoms with E-state index in [1.807, 2.05) is 0 Å². The van der Waals surface area contributed by atoms with Crippen LogP contribution >= 0.6 is 0 Å². The first-order valence-corrected chi connectivity index (χ1v) is 5.66. The summed E-state index contributed by atoms with van der Waals surface area (Å²) in [5.74, 6) is 0. The van der Waals surface area contributed by atoms with Gasteiger partial charge in [-0.3, -0.25) is 4.79 Å². The monoisotopic (exact) mass is 228 g/mol. The molecule has 0 saturated carbocycles. The predicted molar refractivity (Wildman–Crippen MR) is 59.6 cm³/mol. The Balaban J connectivity index is 2.58. The largest absolute Gasteiger partial charge is 0.442 e. The summed E-state index contributed by atoms with van der Waals surface area (Å²) >= 11 is 0. The highest BCUT2D eigenvalue weighted by molar-refractivity contribution is 5.79. The smallest absolute Gasteiger partial charge is 0.432 e. The van der Waals surface area contributed by atoms with Crippen molar-refractivity contribution in [1.29, 1.82) is 0 Å². The van der Waals surface area contributed by atoms with E-state index in [-0.39, 0.29) is 0 Å². The van der Waals surface area contributed by atoms with Crippen molar-refractivity contribution in [3.63, 3.8) is 0 Å². The number of hydrazine groups is 1. The lowest BCUT2D eigenvalue weighted by Crippen LogP contribution is -2.49. The molecule has 5 heteroatoms. The summed E-state index contributed by atoms with van der Waals surface area (Å²) in [6.45, 7) is 6.81. The van der Waals surface area contributed by atoms with Gasteiger partial charge in [-0.2, -0.15) is 5.01 Å². The van der Waals surface area contributed by atoms with Crippen LogP contribution in [0.25, 0.3) is 0 Å². The second kappa shape index (κ2) is 5.30. The average molecular weight is 228 g/mol. The Morgan fingerprint density at radius 2 is 1.81 bits per heavy atom. The van der Waals surface area contributed by atoms with E-state index in [2.05, 4.69) is 0 Å². The first kappa shape index (κ1) is 13.0. The van der Waals surface area contributed by atoms with Gasteiger partial charge in [0.1, 0.15) is 5.60 Å². The summed E-state index contributed by atoms with van der Waals surface area (Å²) in [4.78, 5) is 22.6. The van der Waals surface area contributed by atoms with Crippen molar-refractivity contribution in [2.45, 2.75) is 45.6 Å². The van der Waals surface area contributed by atoms with E-state index in [0.717, 1.165) is 37.4 Å². The number of amides is 2. The second-order valence-corrected chi connectivity index (χ2v) is 4.94. The van der Waals surface area contributed by atoms with Crippen LogP contribution in [0, 0.1) is 0 Å². The fourth-order valence-corrected chi connectivity index (χ4v) is 1.63. The number of imide groups is 1. The van der Waals surface area contributed by atoms with E-state index < -0.39 is 11.7 Å². The normalized spacial score (nSPS) is 17.9. The standard InChI is InChI=1S/C11H20N2O3/c1-11(2,3)16-10(15)13(9-14)12-7-5-4-6-8-12/h9H,4-8H2,1-3H3. The molecule has 0 aromatic heterocycles. The molecule has 0 atom stereocenters. The highest BCUT2D eigenvalue weighted by Crippen LogP contribution is 2.14. The number of ether oxygens (including phenoxy) is 1. The third-order valence-electron chi connectivity index (χ3n) is 2.32. The topological polar surface area (TPSA) is 49.9 Å². The van der Waals surface area contributed by atoms with Crippen LogP contribution in [0.15, 0.2) is 0 Å². The zero-order valence-corrected chi connectivity index (χ0v) is 10.2. The van der Waals surface area contributed by atoms with Gasteiger partial charge in [-0.05, 0) is 33.6 Å². The molecular weight excluding hydrogens is 208 g/mol. The van der Waals surface area contributed by atoms with E-state index >= 15 is 0 Å². The number of rotatable bonds is 2. The molecule has 5 nitrogen and oxygen atoms in total. The van der Waals surface area contributed by atoms with Crippen molar-refractivity contribution in [2.24, 2.45) is 0 Å². The molecular formula is C11H20N2O3. The summed E-state index contributed by atoms with van der Waals surface area (Å²) in [6.07, 6.45) is 3.10. The van der Waals surface area contributed by atoms with Gasteiger partial charge in [0, 0.05) is 13.1 Å². The minimum absolute atomic E-state index is 0.527. The second-order valence-electron chi connectivity index (χ2n) is 4.94. The lowest BCUT2D eigenvalue weighted by molar-refractivity contribution is -0.134. The molecule has 0 bridgehead atoms. The predicted octanol–water partition coefficient (Wildman–Crippen LogP) is 1.78. The van der Waals surface area contributed by atoms with Gasteiger partial charge in [0.25, 0.3) is 0 Å². The van der Waals surface area contributed by atoms with Crippen LogP contribution in [-0.2, 0) is 9.53 Å². The van der Waals surface area contributed by atoms with Gasteiger partial charge < -0.3 is 4.74 Å². The van der Waals surface area contributed by atoms with Gasteiger partial charge in [0.05, 0.1) is 0 Å². The van der Waals surface area contributed by atoms with E-state index in [1.54, 1.807) is 25.8 Å². The van der Waals surface area contributed by atoms with Crippen LogP contribution in [0.5, 0.6) is 0 Å². The van der Waals surface area contributed by atoms with Gasteiger partial charge in [-0.15, -0.1) is 0 Å². The van der Waals surface area contributed by atoms with E-state index in [0.29, 0.717) is 6.41 Å². The highest BCUT2D eigenvalue weighted by Gasteiger charge is 2.27. The maximum atomic E-state index is 11.7. The average Bonchev–Trinajstić information content (AvgIpc) is 2.17. The third-order valence-corrected chi connectivity index (χ3v) is 2.32. The van der Waals surface area contributed by atoms with E-state index in [4.69, 9.17) is 4.74 Å². The molecule has 92 valence electrons. The fraction of sp³-hybridized carbons (Fsp3) is 0.818. The van der Waals surface area contributed by atoms with E-state index in [9.17, 15) is 9.59 Å². The van der Waals surface area contributed by atoms with Crippen molar-refractivity contribution < 1.29 is 14.3 Å². The molecule has 0 unspecified atom stereocenters. The Kier molecular flexibility index (Phi) is 4.29. The molecule has 1 aliphatic rings. The lowest BCUT2D eigenvalue weighted by atomic mass is 10.2. The number of nitrogens with zero attached hydrogens (tertiary/aromatic N) is 2. The van der Waals surface area contributed by atoms with Crippen LogP contribution < -0.4 is 0 Å². The molecule has 16 heavy (non-hydrogen) atoms. The number of carbonyl (C=O) groups is 2. The van der Waals surface area contributed by atoms with Gasteiger partial charge in [-0.25, -0.2) is 9.80 Å². The Labute approximate surface area is 96.3 Å². The van der Waals surface area contributed by atoms with Crippen LogP contribution in [0.4, 0.5) is 4.79 Å². The van der Waals surface area contributed by atoms with E-state index in [1.165, 1.54) is 0 Å². The molecule has 1 aliphatic heterocycles. The first-order valence-electron chi connectivity index (χ1n) is 5.66.